The summed E-state index contributed by atoms with van der Waals surface area (Å²) in [4.78, 5) is 24.9. The van der Waals surface area contributed by atoms with Crippen molar-refractivity contribution in [3.05, 3.63) is 44.8 Å². The predicted octanol–water partition coefficient (Wildman–Crippen LogP) is 2.19. The lowest BCUT2D eigenvalue weighted by atomic mass is 10.3. The number of hydrogen-bond donors (Lipinski definition) is 2. The highest BCUT2D eigenvalue weighted by Crippen LogP contribution is 2.04. The molecule has 0 aromatic carbocycles. The molecule has 2 rings (SSSR count). The summed E-state index contributed by atoms with van der Waals surface area (Å²) in [5.41, 5.74) is 4.75. The van der Waals surface area contributed by atoms with Gasteiger partial charge in [-0.2, -0.15) is 10.2 Å². The molecule has 2 heterocycles. The van der Waals surface area contributed by atoms with E-state index in [9.17, 15) is 9.59 Å². The van der Waals surface area contributed by atoms with E-state index in [1.807, 2.05) is 35.0 Å². The Bertz CT molecular complexity index is 590. The minimum Gasteiger partial charge on any atom is -0.273 e. The lowest BCUT2D eigenvalue weighted by molar-refractivity contribution is -0.126. The van der Waals surface area contributed by atoms with E-state index in [4.69, 9.17) is 0 Å². The number of nitrogens with zero attached hydrogens (tertiary/aromatic N) is 2. The topological polar surface area (TPSA) is 82.9 Å². The summed E-state index contributed by atoms with van der Waals surface area (Å²) in [7, 11) is 0. The molecule has 0 radical (unpaired) electrons. The second kappa shape index (κ2) is 8.85. The quantitative estimate of drug-likeness (QED) is 0.601. The lowest BCUT2D eigenvalue weighted by Gasteiger charge is -1.99. The van der Waals surface area contributed by atoms with Crippen molar-refractivity contribution in [3.63, 3.8) is 0 Å². The molecule has 2 aromatic heterocycles. The zero-order valence-electron chi connectivity index (χ0n) is 11.6. The van der Waals surface area contributed by atoms with Gasteiger partial charge in [0, 0.05) is 22.6 Å². The number of rotatable bonds is 7. The first-order valence-corrected chi connectivity index (χ1v) is 8.21. The minimum absolute atomic E-state index is 0.0577. The molecule has 0 atom stereocenters. The van der Waals surface area contributed by atoms with Gasteiger partial charge in [0.15, 0.2) is 0 Å². The summed E-state index contributed by atoms with van der Waals surface area (Å²) in [6.45, 7) is 0. The summed E-state index contributed by atoms with van der Waals surface area (Å²) in [6, 6.07) is 7.57. The Morgan fingerprint density at radius 1 is 0.909 bits per heavy atom. The lowest BCUT2D eigenvalue weighted by Crippen LogP contribution is -2.22. The van der Waals surface area contributed by atoms with Crippen molar-refractivity contribution in [2.45, 2.75) is 12.8 Å². The maximum Gasteiger partial charge on any atom is 0.240 e. The molecular formula is C14H14N4O2S2. The van der Waals surface area contributed by atoms with E-state index in [-0.39, 0.29) is 24.7 Å². The van der Waals surface area contributed by atoms with E-state index in [2.05, 4.69) is 21.1 Å². The molecule has 0 aliphatic heterocycles. The summed E-state index contributed by atoms with van der Waals surface area (Å²) in [5, 5.41) is 11.5. The molecular weight excluding hydrogens is 320 g/mol. The molecule has 22 heavy (non-hydrogen) atoms. The van der Waals surface area contributed by atoms with Crippen molar-refractivity contribution >= 4 is 46.9 Å². The fraction of sp³-hybridized carbons (Fsp3) is 0.143. The van der Waals surface area contributed by atoms with E-state index in [0.717, 1.165) is 9.75 Å². The van der Waals surface area contributed by atoms with Crippen molar-refractivity contribution in [1.82, 2.24) is 10.9 Å². The Kier molecular flexibility index (Phi) is 6.46. The standard InChI is InChI=1S/C14H14N4O2S2/c19-13(17-15-9-11-3-1-7-21-11)5-6-14(20)18-16-10-12-4-2-8-22-12/h1-4,7-10H,5-6H2,(H,17,19)(H,18,20)/b15-9+,16-10+. The molecule has 0 fully saturated rings. The molecule has 2 N–H and O–H groups in total. The maximum atomic E-state index is 11.5. The van der Waals surface area contributed by atoms with Crippen LogP contribution in [0, 0.1) is 0 Å². The molecule has 2 amide bonds. The number of hydrazone groups is 2. The van der Waals surface area contributed by atoms with Gasteiger partial charge in [-0.05, 0) is 22.9 Å². The third kappa shape index (κ3) is 5.98. The molecule has 0 bridgehead atoms. The summed E-state index contributed by atoms with van der Waals surface area (Å²) in [5.74, 6) is -0.629. The summed E-state index contributed by atoms with van der Waals surface area (Å²) < 4.78 is 0. The van der Waals surface area contributed by atoms with Gasteiger partial charge in [-0.15, -0.1) is 22.7 Å². The SMILES string of the molecule is O=C(CCC(=O)N/N=C/c1cccs1)N/N=C/c1cccs1. The average molecular weight is 334 g/mol. The molecule has 0 saturated heterocycles. The van der Waals surface area contributed by atoms with Gasteiger partial charge in [0.1, 0.15) is 0 Å². The predicted molar refractivity (Wildman–Crippen MR) is 89.3 cm³/mol. The van der Waals surface area contributed by atoms with Gasteiger partial charge >= 0.3 is 0 Å². The number of amides is 2. The summed E-state index contributed by atoms with van der Waals surface area (Å²) in [6.07, 6.45) is 3.24. The van der Waals surface area contributed by atoms with E-state index >= 15 is 0 Å². The van der Waals surface area contributed by atoms with Gasteiger partial charge in [0.2, 0.25) is 11.8 Å². The number of carbonyl (C=O) groups is 2. The monoisotopic (exact) mass is 334 g/mol. The van der Waals surface area contributed by atoms with Crippen LogP contribution in [0.15, 0.2) is 45.2 Å². The molecule has 8 heteroatoms. The highest BCUT2D eigenvalue weighted by Gasteiger charge is 2.05. The highest BCUT2D eigenvalue weighted by atomic mass is 32.1. The highest BCUT2D eigenvalue weighted by molar-refractivity contribution is 7.12. The second-order valence-corrected chi connectivity index (χ2v) is 6.08. The Hall–Kier alpha value is -2.32. The van der Waals surface area contributed by atoms with Crippen LogP contribution in [-0.2, 0) is 9.59 Å². The Morgan fingerprint density at radius 2 is 1.36 bits per heavy atom. The number of carbonyl (C=O) groups excluding carboxylic acids is 2. The Balaban J connectivity index is 1.62. The fourth-order valence-corrected chi connectivity index (χ4v) is 2.57. The molecule has 0 spiro atoms. The average Bonchev–Trinajstić information content (AvgIpc) is 3.18. The van der Waals surface area contributed by atoms with Crippen molar-refractivity contribution in [1.29, 1.82) is 0 Å². The zero-order chi connectivity index (χ0) is 15.6. The van der Waals surface area contributed by atoms with E-state index in [1.165, 1.54) is 22.7 Å². The minimum atomic E-state index is -0.315. The normalized spacial score (nSPS) is 11.1. The number of thiophene rings is 2. The van der Waals surface area contributed by atoms with E-state index < -0.39 is 0 Å². The first-order chi connectivity index (χ1) is 10.7. The van der Waals surface area contributed by atoms with Gasteiger partial charge in [0.05, 0.1) is 12.4 Å². The van der Waals surface area contributed by atoms with Crippen LogP contribution in [0.25, 0.3) is 0 Å². The number of hydrogen-bond acceptors (Lipinski definition) is 6. The van der Waals surface area contributed by atoms with Crippen molar-refractivity contribution in [2.24, 2.45) is 10.2 Å². The zero-order valence-corrected chi connectivity index (χ0v) is 13.2. The van der Waals surface area contributed by atoms with Crippen LogP contribution in [0.3, 0.4) is 0 Å². The smallest absolute Gasteiger partial charge is 0.240 e. The van der Waals surface area contributed by atoms with Crippen LogP contribution >= 0.6 is 22.7 Å². The fourth-order valence-electron chi connectivity index (χ4n) is 1.40. The van der Waals surface area contributed by atoms with Gasteiger partial charge < -0.3 is 0 Å². The molecule has 114 valence electrons. The largest absolute Gasteiger partial charge is 0.273 e. The van der Waals surface area contributed by atoms with Gasteiger partial charge in [0.25, 0.3) is 0 Å². The maximum absolute atomic E-state index is 11.5. The molecule has 6 nitrogen and oxygen atoms in total. The molecule has 2 aromatic rings. The third-order valence-corrected chi connectivity index (χ3v) is 4.04. The van der Waals surface area contributed by atoms with Crippen LogP contribution in [0.4, 0.5) is 0 Å². The first-order valence-electron chi connectivity index (χ1n) is 6.45. The molecule has 0 saturated carbocycles. The van der Waals surface area contributed by atoms with Crippen LogP contribution < -0.4 is 10.9 Å². The van der Waals surface area contributed by atoms with Crippen molar-refractivity contribution in [3.8, 4) is 0 Å². The van der Waals surface area contributed by atoms with Gasteiger partial charge in [-0.3, -0.25) is 9.59 Å². The third-order valence-electron chi connectivity index (χ3n) is 2.43. The Labute approximate surface area is 135 Å². The van der Waals surface area contributed by atoms with Gasteiger partial charge in [-0.1, -0.05) is 12.1 Å². The van der Waals surface area contributed by atoms with Crippen molar-refractivity contribution < 1.29 is 9.59 Å². The van der Waals surface area contributed by atoms with E-state index in [0.29, 0.717) is 0 Å². The van der Waals surface area contributed by atoms with E-state index in [1.54, 1.807) is 12.4 Å². The summed E-state index contributed by atoms with van der Waals surface area (Å²) >= 11 is 3.04. The van der Waals surface area contributed by atoms with Gasteiger partial charge in [-0.25, -0.2) is 10.9 Å². The van der Waals surface area contributed by atoms with Crippen LogP contribution in [0.5, 0.6) is 0 Å². The second-order valence-electron chi connectivity index (χ2n) is 4.12. The molecule has 0 aliphatic rings. The number of nitrogens with one attached hydrogen (secondary N) is 2. The first kappa shape index (κ1) is 16.1. The Morgan fingerprint density at radius 3 is 1.73 bits per heavy atom. The van der Waals surface area contributed by atoms with Crippen LogP contribution in [0.2, 0.25) is 0 Å². The van der Waals surface area contributed by atoms with Crippen LogP contribution in [0.1, 0.15) is 22.6 Å². The van der Waals surface area contributed by atoms with Crippen molar-refractivity contribution in [2.75, 3.05) is 0 Å². The molecule has 0 unspecified atom stereocenters. The molecule has 0 aliphatic carbocycles. The van der Waals surface area contributed by atoms with Crippen LogP contribution in [-0.4, -0.2) is 24.2 Å².